The number of nitrogens with zero attached hydrogens (tertiary/aromatic N) is 2. The molecule has 0 atom stereocenters. The Morgan fingerprint density at radius 3 is 2.34 bits per heavy atom. The Morgan fingerprint density at radius 1 is 0.857 bits per heavy atom. The van der Waals surface area contributed by atoms with Crippen LogP contribution in [0.2, 0.25) is 0 Å². The number of methoxy groups -OCH3 is 3. The Hall–Kier alpha value is -3.25. The van der Waals surface area contributed by atoms with E-state index < -0.39 is 0 Å². The van der Waals surface area contributed by atoms with E-state index in [1.54, 1.807) is 21.3 Å². The number of pyridine rings is 1. The third-order valence-electron chi connectivity index (χ3n) is 7.15. The molecule has 2 heterocycles. The van der Waals surface area contributed by atoms with Crippen molar-refractivity contribution in [1.29, 1.82) is 0 Å². The van der Waals surface area contributed by atoms with Gasteiger partial charge in [-0.05, 0) is 86.1 Å². The highest BCUT2D eigenvalue weighted by molar-refractivity contribution is 5.70. The lowest BCUT2D eigenvalue weighted by molar-refractivity contribution is 0.352. The van der Waals surface area contributed by atoms with Crippen molar-refractivity contribution in [3.63, 3.8) is 0 Å². The summed E-state index contributed by atoms with van der Waals surface area (Å²) in [4.78, 5) is 7.13. The summed E-state index contributed by atoms with van der Waals surface area (Å²) in [5.74, 6) is 3.10. The van der Waals surface area contributed by atoms with Gasteiger partial charge < -0.3 is 24.4 Å². The van der Waals surface area contributed by atoms with Gasteiger partial charge in [-0.1, -0.05) is 12.1 Å². The third-order valence-corrected chi connectivity index (χ3v) is 7.15. The molecule has 1 aromatic heterocycles. The molecule has 6 nitrogen and oxygen atoms in total. The molecule has 1 aliphatic heterocycles. The van der Waals surface area contributed by atoms with E-state index in [4.69, 9.17) is 14.2 Å². The largest absolute Gasteiger partial charge is 0.495 e. The molecule has 0 radical (unpaired) electrons. The van der Waals surface area contributed by atoms with E-state index in [-0.39, 0.29) is 0 Å². The Balaban J connectivity index is 1.49. The van der Waals surface area contributed by atoms with Crippen molar-refractivity contribution in [1.82, 2.24) is 10.3 Å². The van der Waals surface area contributed by atoms with Gasteiger partial charge >= 0.3 is 0 Å². The van der Waals surface area contributed by atoms with Crippen LogP contribution < -0.4 is 24.4 Å². The first kappa shape index (κ1) is 23.5. The lowest BCUT2D eigenvalue weighted by atomic mass is 9.98. The fourth-order valence-corrected chi connectivity index (χ4v) is 5.18. The van der Waals surface area contributed by atoms with Crippen molar-refractivity contribution in [2.75, 3.05) is 39.3 Å². The summed E-state index contributed by atoms with van der Waals surface area (Å²) in [6.45, 7) is 2.84. The first-order valence-corrected chi connectivity index (χ1v) is 12.5. The molecular formula is C29H35N3O3. The third kappa shape index (κ3) is 5.08. The van der Waals surface area contributed by atoms with Crippen LogP contribution in [0.3, 0.4) is 0 Å². The maximum atomic E-state index is 5.74. The van der Waals surface area contributed by atoms with Gasteiger partial charge in [0.1, 0.15) is 5.75 Å². The van der Waals surface area contributed by atoms with E-state index in [1.165, 1.54) is 24.0 Å². The minimum atomic E-state index is 0.443. The molecule has 2 aromatic carbocycles. The number of hydrogen-bond acceptors (Lipinski definition) is 6. The number of benzene rings is 2. The van der Waals surface area contributed by atoms with Gasteiger partial charge in [0.15, 0.2) is 11.5 Å². The van der Waals surface area contributed by atoms with Crippen LogP contribution in [-0.2, 0) is 6.54 Å². The lowest BCUT2D eigenvalue weighted by Gasteiger charge is -2.37. The van der Waals surface area contributed by atoms with Gasteiger partial charge in [0.2, 0.25) is 0 Å². The van der Waals surface area contributed by atoms with E-state index in [0.717, 1.165) is 66.5 Å². The van der Waals surface area contributed by atoms with E-state index >= 15 is 0 Å². The molecule has 0 unspecified atom stereocenters. The van der Waals surface area contributed by atoms with Crippen molar-refractivity contribution in [2.45, 2.75) is 44.2 Å². The minimum Gasteiger partial charge on any atom is -0.495 e. The van der Waals surface area contributed by atoms with Gasteiger partial charge in [0.05, 0.1) is 27.0 Å². The summed E-state index contributed by atoms with van der Waals surface area (Å²) in [6, 6.07) is 15.3. The molecule has 1 aliphatic carbocycles. The molecule has 0 amide bonds. The average Bonchev–Trinajstić information content (AvgIpc) is 3.77. The van der Waals surface area contributed by atoms with Crippen molar-refractivity contribution in [3.8, 4) is 28.4 Å². The molecule has 0 bridgehead atoms. The van der Waals surface area contributed by atoms with Crippen LogP contribution in [0.15, 0.2) is 54.9 Å². The van der Waals surface area contributed by atoms with Crippen molar-refractivity contribution < 1.29 is 14.2 Å². The van der Waals surface area contributed by atoms with Crippen LogP contribution in [0.5, 0.6) is 17.2 Å². The second-order valence-corrected chi connectivity index (χ2v) is 9.44. The van der Waals surface area contributed by atoms with Gasteiger partial charge in [0.25, 0.3) is 0 Å². The summed E-state index contributed by atoms with van der Waals surface area (Å²) in [5, 5.41) is 3.49. The van der Waals surface area contributed by atoms with Crippen LogP contribution >= 0.6 is 0 Å². The summed E-state index contributed by atoms with van der Waals surface area (Å²) in [6.07, 6.45) is 8.53. The van der Waals surface area contributed by atoms with E-state index in [0.29, 0.717) is 12.0 Å². The summed E-state index contributed by atoms with van der Waals surface area (Å²) >= 11 is 0. The van der Waals surface area contributed by atoms with Crippen LogP contribution in [-0.4, -0.2) is 45.4 Å². The molecule has 1 N–H and O–H groups in total. The fourth-order valence-electron chi connectivity index (χ4n) is 5.18. The van der Waals surface area contributed by atoms with Crippen LogP contribution in [0.1, 0.15) is 42.7 Å². The van der Waals surface area contributed by atoms with Gasteiger partial charge in [-0.2, -0.15) is 0 Å². The number of para-hydroxylation sites is 2. The highest BCUT2D eigenvalue weighted by Gasteiger charge is 2.29. The normalized spacial score (nSPS) is 16.1. The lowest BCUT2D eigenvalue weighted by Crippen LogP contribution is -2.43. The smallest absolute Gasteiger partial charge is 0.164 e. The SMILES string of the molecule is COc1ccccc1N(Cc1cncc(-c2cc(OC)c(OC)c(C3CC3)c2)c1)C1CCNCC1. The van der Waals surface area contributed by atoms with E-state index in [1.807, 2.05) is 24.5 Å². The first-order valence-electron chi connectivity index (χ1n) is 12.5. The number of hydrogen-bond donors (Lipinski definition) is 1. The fraction of sp³-hybridized carbons (Fsp3) is 0.414. The molecule has 2 fully saturated rings. The Morgan fingerprint density at radius 2 is 1.63 bits per heavy atom. The molecule has 6 heteroatoms. The number of rotatable bonds is 9. The zero-order chi connectivity index (χ0) is 24.2. The standard InChI is InChI=1S/C29H35N3O3/c1-33-27-7-5-4-6-26(27)32(24-10-12-30-13-11-24)19-20-14-23(18-31-17-20)22-15-25(21-8-9-21)29(35-3)28(16-22)34-2/h4-7,14-18,21,24,30H,8-13,19H2,1-3H3. The summed E-state index contributed by atoms with van der Waals surface area (Å²) in [5.41, 5.74) is 5.75. The minimum absolute atomic E-state index is 0.443. The average molecular weight is 474 g/mol. The predicted molar refractivity (Wildman–Crippen MR) is 140 cm³/mol. The Bertz CT molecular complexity index is 1160. The van der Waals surface area contributed by atoms with Gasteiger partial charge in [-0.3, -0.25) is 4.98 Å². The van der Waals surface area contributed by atoms with E-state index in [2.05, 4.69) is 45.5 Å². The monoisotopic (exact) mass is 473 g/mol. The van der Waals surface area contributed by atoms with Crippen LogP contribution in [0, 0.1) is 0 Å². The van der Waals surface area contributed by atoms with Crippen molar-refractivity contribution in [3.05, 3.63) is 66.0 Å². The van der Waals surface area contributed by atoms with E-state index in [9.17, 15) is 0 Å². The van der Waals surface area contributed by atoms with Gasteiger partial charge in [0, 0.05) is 36.1 Å². The highest BCUT2D eigenvalue weighted by Crippen LogP contribution is 2.49. The Labute approximate surface area is 208 Å². The van der Waals surface area contributed by atoms with Crippen LogP contribution in [0.25, 0.3) is 11.1 Å². The topological polar surface area (TPSA) is 55.9 Å². The molecule has 0 spiro atoms. The second kappa shape index (κ2) is 10.6. The summed E-state index contributed by atoms with van der Waals surface area (Å²) < 4.78 is 17.1. The molecule has 1 saturated carbocycles. The number of aromatic nitrogens is 1. The van der Waals surface area contributed by atoms with Crippen molar-refractivity contribution in [2.24, 2.45) is 0 Å². The van der Waals surface area contributed by atoms with Crippen molar-refractivity contribution >= 4 is 5.69 Å². The molecule has 2 aliphatic rings. The molecule has 3 aromatic rings. The van der Waals surface area contributed by atoms with Crippen LogP contribution in [0.4, 0.5) is 5.69 Å². The maximum Gasteiger partial charge on any atom is 0.164 e. The molecule has 1 saturated heterocycles. The first-order chi connectivity index (χ1) is 17.2. The Kier molecular flexibility index (Phi) is 7.09. The highest BCUT2D eigenvalue weighted by atomic mass is 16.5. The summed E-state index contributed by atoms with van der Waals surface area (Å²) in [7, 11) is 5.17. The quantitative estimate of drug-likeness (QED) is 0.448. The van der Waals surface area contributed by atoms with Gasteiger partial charge in [-0.25, -0.2) is 0 Å². The predicted octanol–water partition coefficient (Wildman–Crippen LogP) is 5.41. The number of nitrogens with one attached hydrogen (secondary N) is 1. The van der Waals surface area contributed by atoms with Gasteiger partial charge in [-0.15, -0.1) is 0 Å². The molecule has 5 rings (SSSR count). The zero-order valence-electron chi connectivity index (χ0n) is 20.9. The number of piperidine rings is 1. The zero-order valence-corrected chi connectivity index (χ0v) is 20.9. The number of anilines is 1. The molecule has 35 heavy (non-hydrogen) atoms. The second-order valence-electron chi connectivity index (χ2n) is 9.44. The maximum absolute atomic E-state index is 5.74. The molecular weight excluding hydrogens is 438 g/mol. The number of ether oxygens (including phenoxy) is 3. The molecule has 184 valence electrons.